The van der Waals surface area contributed by atoms with Gasteiger partial charge < -0.3 is 14.8 Å². The summed E-state index contributed by atoms with van der Waals surface area (Å²) in [6.45, 7) is -1.61. The molecular formula is C20H20BrF2NO3. The van der Waals surface area contributed by atoms with Gasteiger partial charge in [0.15, 0.2) is 0 Å². The van der Waals surface area contributed by atoms with Crippen molar-refractivity contribution in [2.24, 2.45) is 0 Å². The number of amides is 1. The molecule has 2 aromatic rings. The van der Waals surface area contributed by atoms with E-state index in [1.807, 2.05) is 24.3 Å². The zero-order valence-corrected chi connectivity index (χ0v) is 16.2. The highest BCUT2D eigenvalue weighted by Crippen LogP contribution is 2.36. The van der Waals surface area contributed by atoms with Crippen LogP contribution in [0, 0.1) is 0 Å². The van der Waals surface area contributed by atoms with Gasteiger partial charge in [-0.2, -0.15) is 8.78 Å². The Kier molecular flexibility index (Phi) is 6.44. The van der Waals surface area contributed by atoms with E-state index in [2.05, 4.69) is 26.0 Å². The average molecular weight is 440 g/mol. The van der Waals surface area contributed by atoms with E-state index >= 15 is 0 Å². The Bertz CT molecular complexity index is 777. The zero-order valence-electron chi connectivity index (χ0n) is 14.6. The number of rotatable bonds is 6. The first-order chi connectivity index (χ1) is 13.0. The van der Waals surface area contributed by atoms with Gasteiger partial charge >= 0.3 is 6.61 Å². The quantitative estimate of drug-likeness (QED) is 0.724. The summed E-state index contributed by atoms with van der Waals surface area (Å²) in [6, 6.07) is 14.1. The monoisotopic (exact) mass is 439 g/mol. The van der Waals surface area contributed by atoms with Gasteiger partial charge in [-0.15, -0.1) is 0 Å². The number of hydrogen-bond donors (Lipinski definition) is 1. The summed E-state index contributed by atoms with van der Waals surface area (Å²) in [6.07, 6.45) is 1.18. The maximum absolute atomic E-state index is 13.1. The van der Waals surface area contributed by atoms with Crippen LogP contribution in [0.15, 0.2) is 53.0 Å². The lowest BCUT2D eigenvalue weighted by Crippen LogP contribution is -2.47. The van der Waals surface area contributed by atoms with E-state index in [9.17, 15) is 13.6 Å². The smallest absolute Gasteiger partial charge is 0.387 e. The molecule has 0 atom stereocenters. The van der Waals surface area contributed by atoms with Crippen LogP contribution in [0.3, 0.4) is 0 Å². The fraction of sp³-hybridized carbons (Fsp3) is 0.350. The minimum Gasteiger partial charge on any atom is -0.435 e. The summed E-state index contributed by atoms with van der Waals surface area (Å²) < 4.78 is 35.6. The molecule has 1 saturated heterocycles. The molecule has 2 aromatic carbocycles. The van der Waals surface area contributed by atoms with E-state index in [1.165, 1.54) is 12.1 Å². The molecule has 0 radical (unpaired) electrons. The first-order valence-corrected chi connectivity index (χ1v) is 9.45. The van der Waals surface area contributed by atoms with Gasteiger partial charge in [0.1, 0.15) is 5.75 Å². The summed E-state index contributed by atoms with van der Waals surface area (Å²) in [4.78, 5) is 13.1. The van der Waals surface area contributed by atoms with E-state index in [0.717, 1.165) is 10.0 Å². The second kappa shape index (κ2) is 8.80. The van der Waals surface area contributed by atoms with Gasteiger partial charge in [-0.3, -0.25) is 4.79 Å². The summed E-state index contributed by atoms with van der Waals surface area (Å²) in [5, 5.41) is 2.95. The molecule has 1 heterocycles. The van der Waals surface area contributed by atoms with Crippen LogP contribution < -0.4 is 10.1 Å². The van der Waals surface area contributed by atoms with Crippen LogP contribution in [0.25, 0.3) is 0 Å². The fourth-order valence-corrected chi connectivity index (χ4v) is 3.58. The molecule has 4 nitrogen and oxygen atoms in total. The van der Waals surface area contributed by atoms with Crippen LogP contribution in [0.5, 0.6) is 5.75 Å². The van der Waals surface area contributed by atoms with Crippen molar-refractivity contribution in [3.63, 3.8) is 0 Å². The minimum absolute atomic E-state index is 0.0745. The van der Waals surface area contributed by atoms with E-state index in [0.29, 0.717) is 31.6 Å². The van der Waals surface area contributed by atoms with Crippen molar-refractivity contribution in [3.8, 4) is 5.75 Å². The number of nitrogens with one attached hydrogen (secondary N) is 1. The molecule has 0 saturated carbocycles. The first-order valence-electron chi connectivity index (χ1n) is 8.65. The molecule has 1 amide bonds. The van der Waals surface area contributed by atoms with Crippen LogP contribution in [0.4, 0.5) is 8.78 Å². The minimum atomic E-state index is -2.88. The number of benzene rings is 2. The molecule has 1 N–H and O–H groups in total. The molecule has 27 heavy (non-hydrogen) atoms. The molecule has 0 aliphatic carbocycles. The number of carbonyl (C=O) groups is 1. The Morgan fingerprint density at radius 1 is 1.19 bits per heavy atom. The van der Waals surface area contributed by atoms with Crippen molar-refractivity contribution in [1.29, 1.82) is 0 Å². The highest BCUT2D eigenvalue weighted by atomic mass is 79.9. The Balaban J connectivity index is 1.75. The normalized spacial score (nSPS) is 16.1. The standard InChI is InChI=1S/C20H20BrF2NO3/c21-16-6-4-15(5-7-16)20(8-10-26-11-9-20)18(25)24-13-14-2-1-3-17(12-14)27-19(22)23/h1-7,12,19H,8-11,13H2,(H,24,25). The SMILES string of the molecule is O=C(NCc1cccc(OC(F)F)c1)C1(c2ccc(Br)cc2)CCOCC1. The van der Waals surface area contributed by atoms with Crippen LogP contribution in [0.1, 0.15) is 24.0 Å². The molecular weight excluding hydrogens is 420 g/mol. The lowest BCUT2D eigenvalue weighted by atomic mass is 9.73. The maximum atomic E-state index is 13.1. The fourth-order valence-electron chi connectivity index (χ4n) is 3.32. The average Bonchev–Trinajstić information content (AvgIpc) is 2.67. The summed E-state index contributed by atoms with van der Waals surface area (Å²) in [5.41, 5.74) is 0.983. The third-order valence-electron chi connectivity index (χ3n) is 4.75. The third-order valence-corrected chi connectivity index (χ3v) is 5.28. The van der Waals surface area contributed by atoms with Gasteiger partial charge in [0.25, 0.3) is 0 Å². The van der Waals surface area contributed by atoms with Gasteiger partial charge in [0.05, 0.1) is 5.41 Å². The number of halogens is 3. The summed E-state index contributed by atoms with van der Waals surface area (Å²) in [7, 11) is 0. The Morgan fingerprint density at radius 2 is 1.89 bits per heavy atom. The number of carbonyl (C=O) groups excluding carboxylic acids is 1. The van der Waals surface area contributed by atoms with E-state index in [-0.39, 0.29) is 18.2 Å². The molecule has 0 spiro atoms. The molecule has 1 fully saturated rings. The topological polar surface area (TPSA) is 47.6 Å². The van der Waals surface area contributed by atoms with Crippen molar-refractivity contribution < 1.29 is 23.0 Å². The highest BCUT2D eigenvalue weighted by Gasteiger charge is 2.41. The molecule has 0 bridgehead atoms. The predicted octanol–water partition coefficient (Wildman–Crippen LogP) is 4.42. The van der Waals surface area contributed by atoms with Crippen molar-refractivity contribution in [2.75, 3.05) is 13.2 Å². The Morgan fingerprint density at radius 3 is 2.56 bits per heavy atom. The summed E-state index contributed by atoms with van der Waals surface area (Å²) >= 11 is 3.42. The van der Waals surface area contributed by atoms with Crippen molar-refractivity contribution in [3.05, 3.63) is 64.1 Å². The van der Waals surface area contributed by atoms with Crippen LogP contribution >= 0.6 is 15.9 Å². The van der Waals surface area contributed by atoms with E-state index in [1.54, 1.807) is 12.1 Å². The van der Waals surface area contributed by atoms with E-state index < -0.39 is 12.0 Å². The molecule has 0 unspecified atom stereocenters. The predicted molar refractivity (Wildman–Crippen MR) is 101 cm³/mol. The Labute approximate surface area is 165 Å². The van der Waals surface area contributed by atoms with Crippen molar-refractivity contribution in [2.45, 2.75) is 31.4 Å². The second-order valence-corrected chi connectivity index (χ2v) is 7.33. The number of ether oxygens (including phenoxy) is 2. The van der Waals surface area contributed by atoms with Gasteiger partial charge in [0.2, 0.25) is 5.91 Å². The molecule has 1 aliphatic heterocycles. The lowest BCUT2D eigenvalue weighted by molar-refractivity contribution is -0.130. The molecule has 144 valence electrons. The first kappa shape index (κ1) is 19.8. The lowest BCUT2D eigenvalue weighted by Gasteiger charge is -2.36. The highest BCUT2D eigenvalue weighted by molar-refractivity contribution is 9.10. The van der Waals surface area contributed by atoms with Gasteiger partial charge in [-0.1, -0.05) is 40.2 Å². The maximum Gasteiger partial charge on any atom is 0.387 e. The number of alkyl halides is 2. The largest absolute Gasteiger partial charge is 0.435 e. The Hall–Kier alpha value is -1.99. The van der Waals surface area contributed by atoms with Crippen molar-refractivity contribution in [1.82, 2.24) is 5.32 Å². The second-order valence-electron chi connectivity index (χ2n) is 6.41. The van der Waals surface area contributed by atoms with Crippen LogP contribution in [0.2, 0.25) is 0 Å². The third kappa shape index (κ3) is 4.84. The van der Waals surface area contributed by atoms with Crippen molar-refractivity contribution >= 4 is 21.8 Å². The molecule has 3 rings (SSSR count). The molecule has 7 heteroatoms. The zero-order chi connectivity index (χ0) is 19.3. The van der Waals surface area contributed by atoms with Gasteiger partial charge in [-0.25, -0.2) is 0 Å². The molecule has 0 aromatic heterocycles. The van der Waals surface area contributed by atoms with E-state index in [4.69, 9.17) is 4.74 Å². The van der Waals surface area contributed by atoms with Gasteiger partial charge in [-0.05, 0) is 48.2 Å². The summed E-state index contributed by atoms with van der Waals surface area (Å²) in [5.74, 6) is -0.0151. The van der Waals surface area contributed by atoms with Crippen LogP contribution in [-0.2, 0) is 21.5 Å². The number of hydrogen-bond acceptors (Lipinski definition) is 3. The van der Waals surface area contributed by atoms with Gasteiger partial charge in [0, 0.05) is 24.2 Å². The van der Waals surface area contributed by atoms with Crippen LogP contribution in [-0.4, -0.2) is 25.7 Å². The molecule has 1 aliphatic rings.